The number of nitrogens with one attached hydrogen (secondary N) is 1. The van der Waals surface area contributed by atoms with Crippen molar-refractivity contribution in [3.05, 3.63) is 0 Å². The number of carboxylic acids is 1. The first-order chi connectivity index (χ1) is 7.55. The minimum absolute atomic E-state index is 0.0266. The molecule has 0 heterocycles. The minimum Gasteiger partial charge on any atom is -0.481 e. The molecule has 1 fully saturated rings. The highest BCUT2D eigenvalue weighted by Gasteiger charge is 2.36. The molecule has 0 atom stereocenters. The Labute approximate surface area is 96.4 Å². The van der Waals surface area contributed by atoms with Gasteiger partial charge in [-0.15, -0.1) is 0 Å². The molecule has 92 valence electrons. The van der Waals surface area contributed by atoms with Crippen molar-refractivity contribution in [1.29, 1.82) is 0 Å². The topological polar surface area (TPSA) is 66.4 Å². The van der Waals surface area contributed by atoms with Crippen molar-refractivity contribution in [2.75, 3.05) is 6.54 Å². The van der Waals surface area contributed by atoms with Crippen molar-refractivity contribution in [1.82, 2.24) is 5.32 Å². The van der Waals surface area contributed by atoms with Gasteiger partial charge in [-0.05, 0) is 25.7 Å². The third-order valence-corrected chi connectivity index (χ3v) is 3.88. The summed E-state index contributed by atoms with van der Waals surface area (Å²) in [5.74, 6) is -0.662. The summed E-state index contributed by atoms with van der Waals surface area (Å²) >= 11 is 0. The van der Waals surface area contributed by atoms with Gasteiger partial charge in [0.15, 0.2) is 0 Å². The van der Waals surface area contributed by atoms with Crippen LogP contribution in [0.5, 0.6) is 0 Å². The predicted octanol–water partition coefficient (Wildman–Crippen LogP) is 1.79. The number of carbonyl (C=O) groups is 2. The van der Waals surface area contributed by atoms with E-state index in [1.54, 1.807) is 0 Å². The van der Waals surface area contributed by atoms with Crippen LogP contribution in [-0.2, 0) is 9.59 Å². The largest absolute Gasteiger partial charge is 0.481 e. The minimum atomic E-state index is -0.814. The third-order valence-electron chi connectivity index (χ3n) is 3.88. The number of rotatable bonds is 6. The van der Waals surface area contributed by atoms with Crippen molar-refractivity contribution in [3.63, 3.8) is 0 Å². The van der Waals surface area contributed by atoms with Gasteiger partial charge in [0.25, 0.3) is 0 Å². The second-order valence-corrected chi connectivity index (χ2v) is 4.64. The molecular weight excluding hydrogens is 206 g/mol. The van der Waals surface area contributed by atoms with Gasteiger partial charge in [-0.2, -0.15) is 0 Å². The fraction of sp³-hybridized carbons (Fsp3) is 0.833. The first-order valence-electron chi connectivity index (χ1n) is 6.07. The van der Waals surface area contributed by atoms with Crippen molar-refractivity contribution in [2.45, 2.75) is 46.0 Å². The zero-order valence-corrected chi connectivity index (χ0v) is 10.1. The Bertz CT molecular complexity index is 267. The molecule has 4 nitrogen and oxygen atoms in total. The second-order valence-electron chi connectivity index (χ2n) is 4.64. The van der Waals surface area contributed by atoms with E-state index >= 15 is 0 Å². The number of amides is 1. The molecule has 0 aromatic rings. The van der Waals surface area contributed by atoms with Gasteiger partial charge in [0.1, 0.15) is 0 Å². The van der Waals surface area contributed by atoms with Crippen LogP contribution in [0.4, 0.5) is 0 Å². The SMILES string of the molecule is CCC(CC)(CNC(=O)C1CCC1)C(=O)O. The Kier molecular flexibility index (Phi) is 4.33. The van der Waals surface area contributed by atoms with Crippen LogP contribution in [0.15, 0.2) is 0 Å². The number of hydrogen-bond donors (Lipinski definition) is 2. The van der Waals surface area contributed by atoms with E-state index in [0.717, 1.165) is 19.3 Å². The molecule has 0 unspecified atom stereocenters. The molecule has 0 aromatic heterocycles. The smallest absolute Gasteiger partial charge is 0.311 e. The van der Waals surface area contributed by atoms with E-state index in [4.69, 9.17) is 0 Å². The van der Waals surface area contributed by atoms with E-state index in [0.29, 0.717) is 12.8 Å². The van der Waals surface area contributed by atoms with Gasteiger partial charge in [0.2, 0.25) is 5.91 Å². The van der Waals surface area contributed by atoms with Crippen molar-refractivity contribution in [3.8, 4) is 0 Å². The number of aliphatic carboxylic acids is 1. The van der Waals surface area contributed by atoms with Gasteiger partial charge in [-0.3, -0.25) is 9.59 Å². The Balaban J connectivity index is 2.48. The molecule has 4 heteroatoms. The lowest BCUT2D eigenvalue weighted by Gasteiger charge is -2.30. The summed E-state index contributed by atoms with van der Waals surface area (Å²) in [6.07, 6.45) is 4.10. The zero-order chi connectivity index (χ0) is 12.2. The Morgan fingerprint density at radius 2 is 1.88 bits per heavy atom. The van der Waals surface area contributed by atoms with Crippen molar-refractivity contribution in [2.24, 2.45) is 11.3 Å². The van der Waals surface area contributed by atoms with E-state index in [9.17, 15) is 14.7 Å². The van der Waals surface area contributed by atoms with Crippen LogP contribution in [-0.4, -0.2) is 23.5 Å². The molecule has 0 bridgehead atoms. The maximum Gasteiger partial charge on any atom is 0.311 e. The van der Waals surface area contributed by atoms with Gasteiger partial charge in [-0.1, -0.05) is 20.3 Å². The summed E-state index contributed by atoms with van der Waals surface area (Å²) in [7, 11) is 0. The van der Waals surface area contributed by atoms with E-state index in [1.807, 2.05) is 13.8 Å². The first kappa shape index (κ1) is 13.0. The highest BCUT2D eigenvalue weighted by atomic mass is 16.4. The Morgan fingerprint density at radius 1 is 1.31 bits per heavy atom. The average Bonchev–Trinajstić information content (AvgIpc) is 2.17. The van der Waals surface area contributed by atoms with Gasteiger partial charge in [-0.25, -0.2) is 0 Å². The van der Waals surface area contributed by atoms with Crippen LogP contribution in [0.2, 0.25) is 0 Å². The monoisotopic (exact) mass is 227 g/mol. The Hall–Kier alpha value is -1.06. The van der Waals surface area contributed by atoms with Crippen LogP contribution in [0.1, 0.15) is 46.0 Å². The quantitative estimate of drug-likeness (QED) is 0.727. The van der Waals surface area contributed by atoms with Gasteiger partial charge in [0.05, 0.1) is 5.41 Å². The summed E-state index contributed by atoms with van der Waals surface area (Å²) < 4.78 is 0. The summed E-state index contributed by atoms with van der Waals surface area (Å²) in [5, 5.41) is 12.0. The summed E-state index contributed by atoms with van der Waals surface area (Å²) in [6, 6.07) is 0. The second kappa shape index (κ2) is 5.32. The molecule has 0 radical (unpaired) electrons. The van der Waals surface area contributed by atoms with Gasteiger partial charge < -0.3 is 10.4 Å². The summed E-state index contributed by atoms with van der Waals surface area (Å²) in [5.41, 5.74) is -0.792. The maximum atomic E-state index is 11.6. The van der Waals surface area contributed by atoms with Crippen LogP contribution in [0, 0.1) is 11.3 Å². The average molecular weight is 227 g/mol. The van der Waals surface area contributed by atoms with Crippen molar-refractivity contribution >= 4 is 11.9 Å². The van der Waals surface area contributed by atoms with Gasteiger partial charge in [0, 0.05) is 12.5 Å². The normalized spacial score (nSPS) is 16.6. The molecule has 0 spiro atoms. The standard InChI is InChI=1S/C12H21NO3/c1-3-12(4-2,11(15)16)8-13-10(14)9-6-5-7-9/h9H,3-8H2,1-2H3,(H,13,14)(H,15,16). The molecule has 1 amide bonds. The van der Waals surface area contributed by atoms with Crippen LogP contribution >= 0.6 is 0 Å². The molecule has 1 aliphatic rings. The lowest BCUT2D eigenvalue weighted by atomic mass is 9.81. The molecule has 16 heavy (non-hydrogen) atoms. The van der Waals surface area contributed by atoms with Crippen LogP contribution in [0.25, 0.3) is 0 Å². The molecule has 1 saturated carbocycles. The van der Waals surface area contributed by atoms with Crippen LogP contribution < -0.4 is 5.32 Å². The molecule has 0 aromatic carbocycles. The predicted molar refractivity (Wildman–Crippen MR) is 61.0 cm³/mol. The van der Waals surface area contributed by atoms with E-state index in [2.05, 4.69) is 5.32 Å². The zero-order valence-electron chi connectivity index (χ0n) is 10.1. The number of carbonyl (C=O) groups excluding carboxylic acids is 1. The van der Waals surface area contributed by atoms with Crippen LogP contribution in [0.3, 0.4) is 0 Å². The number of hydrogen-bond acceptors (Lipinski definition) is 2. The highest BCUT2D eigenvalue weighted by molar-refractivity contribution is 5.81. The van der Waals surface area contributed by atoms with Gasteiger partial charge >= 0.3 is 5.97 Å². The lowest BCUT2D eigenvalue weighted by Crippen LogP contribution is -2.45. The first-order valence-corrected chi connectivity index (χ1v) is 6.07. The van der Waals surface area contributed by atoms with E-state index in [-0.39, 0.29) is 18.4 Å². The van der Waals surface area contributed by atoms with Crippen molar-refractivity contribution < 1.29 is 14.7 Å². The summed E-state index contributed by atoms with van der Waals surface area (Å²) in [4.78, 5) is 22.8. The molecule has 1 rings (SSSR count). The van der Waals surface area contributed by atoms with E-state index < -0.39 is 11.4 Å². The molecule has 0 saturated heterocycles. The lowest BCUT2D eigenvalue weighted by molar-refractivity contribution is -0.149. The van der Waals surface area contributed by atoms with E-state index in [1.165, 1.54) is 0 Å². The highest BCUT2D eigenvalue weighted by Crippen LogP contribution is 2.28. The number of carboxylic acid groups (broad SMARTS) is 1. The Morgan fingerprint density at radius 3 is 2.19 bits per heavy atom. The fourth-order valence-corrected chi connectivity index (χ4v) is 1.95. The fourth-order valence-electron chi connectivity index (χ4n) is 1.95. The third kappa shape index (κ3) is 2.54. The summed E-state index contributed by atoms with van der Waals surface area (Å²) in [6.45, 7) is 3.96. The molecule has 0 aliphatic heterocycles. The molecule has 2 N–H and O–H groups in total. The molecule has 1 aliphatic carbocycles. The molecular formula is C12H21NO3. The maximum absolute atomic E-state index is 11.6.